The van der Waals surface area contributed by atoms with Crippen molar-refractivity contribution in [2.75, 3.05) is 39.4 Å². The van der Waals surface area contributed by atoms with Crippen molar-refractivity contribution in [3.8, 4) is 0 Å². The van der Waals surface area contributed by atoms with E-state index >= 15 is 0 Å². The van der Waals surface area contributed by atoms with Crippen molar-refractivity contribution in [2.45, 2.75) is 32.6 Å². The van der Waals surface area contributed by atoms with E-state index in [4.69, 9.17) is 9.73 Å². The molecule has 1 saturated heterocycles. The molecule has 1 N–H and O–H groups in total. The monoisotopic (exact) mass is 431 g/mol. The van der Waals surface area contributed by atoms with Gasteiger partial charge in [0.15, 0.2) is 5.96 Å². The Bertz CT molecular complexity index is 453. The van der Waals surface area contributed by atoms with Gasteiger partial charge < -0.3 is 15.0 Å². The van der Waals surface area contributed by atoms with Crippen LogP contribution in [0, 0.1) is 0 Å². The lowest BCUT2D eigenvalue weighted by Crippen LogP contribution is -2.40. The Morgan fingerprint density at radius 2 is 2.09 bits per heavy atom. The molecule has 1 unspecified atom stereocenters. The molecular formula is C18H30IN3O. The maximum atomic E-state index is 5.37. The third-order valence-electron chi connectivity index (χ3n) is 4.01. The molecule has 0 aromatic heterocycles. The van der Waals surface area contributed by atoms with Gasteiger partial charge in [-0.2, -0.15) is 0 Å². The topological polar surface area (TPSA) is 36.9 Å². The van der Waals surface area contributed by atoms with E-state index in [2.05, 4.69) is 47.5 Å². The van der Waals surface area contributed by atoms with Crippen LogP contribution in [0.4, 0.5) is 0 Å². The lowest BCUT2D eigenvalue weighted by molar-refractivity contribution is 0.146. The summed E-state index contributed by atoms with van der Waals surface area (Å²) in [5, 5.41) is 3.42. The lowest BCUT2D eigenvalue weighted by atomic mass is 9.99. The van der Waals surface area contributed by atoms with Gasteiger partial charge in [-0.1, -0.05) is 30.3 Å². The second kappa shape index (κ2) is 11.7. The van der Waals surface area contributed by atoms with Gasteiger partial charge in [0, 0.05) is 45.3 Å². The van der Waals surface area contributed by atoms with Crippen LogP contribution in [0.5, 0.6) is 0 Å². The zero-order chi connectivity index (χ0) is 15.6. The number of halogens is 1. The first-order chi connectivity index (χ1) is 10.8. The van der Waals surface area contributed by atoms with Crippen LogP contribution in [0.25, 0.3) is 0 Å². The molecule has 130 valence electrons. The van der Waals surface area contributed by atoms with E-state index in [1.165, 1.54) is 12.0 Å². The van der Waals surface area contributed by atoms with Gasteiger partial charge in [0.2, 0.25) is 0 Å². The van der Waals surface area contributed by atoms with Crippen LogP contribution in [0.3, 0.4) is 0 Å². The molecule has 5 heteroatoms. The first-order valence-corrected chi connectivity index (χ1v) is 8.51. The maximum Gasteiger partial charge on any atom is 0.193 e. The summed E-state index contributed by atoms with van der Waals surface area (Å²) in [4.78, 5) is 7.14. The number of rotatable bonds is 7. The van der Waals surface area contributed by atoms with Gasteiger partial charge in [0.25, 0.3) is 0 Å². The maximum absolute atomic E-state index is 5.37. The Balaban J connectivity index is 0.00000264. The zero-order valence-corrected chi connectivity index (χ0v) is 16.7. The molecule has 0 saturated carbocycles. The lowest BCUT2D eigenvalue weighted by Gasteiger charge is -2.21. The number of hydrogen-bond donors (Lipinski definition) is 1. The molecule has 0 bridgehead atoms. The summed E-state index contributed by atoms with van der Waals surface area (Å²) >= 11 is 0. The number of benzene rings is 1. The predicted octanol–water partition coefficient (Wildman–Crippen LogP) is 3.49. The van der Waals surface area contributed by atoms with Crippen LogP contribution in [-0.2, 0) is 4.74 Å². The smallest absolute Gasteiger partial charge is 0.193 e. The minimum atomic E-state index is 0. The third-order valence-corrected chi connectivity index (χ3v) is 4.01. The van der Waals surface area contributed by atoms with Crippen molar-refractivity contribution in [1.29, 1.82) is 0 Å². The second-order valence-electron chi connectivity index (χ2n) is 5.63. The van der Waals surface area contributed by atoms with Crippen LogP contribution in [-0.4, -0.2) is 50.3 Å². The first-order valence-electron chi connectivity index (χ1n) is 8.51. The highest BCUT2D eigenvalue weighted by Crippen LogP contribution is 2.26. The van der Waals surface area contributed by atoms with Crippen molar-refractivity contribution >= 4 is 29.9 Å². The number of aliphatic imine (C=N–C) groups is 1. The summed E-state index contributed by atoms with van der Waals surface area (Å²) in [6.45, 7) is 9.62. The summed E-state index contributed by atoms with van der Waals surface area (Å²) in [5.41, 5.74) is 1.44. The van der Waals surface area contributed by atoms with Gasteiger partial charge in [0.05, 0.1) is 0 Å². The zero-order valence-electron chi connectivity index (χ0n) is 14.3. The third kappa shape index (κ3) is 6.67. The molecule has 23 heavy (non-hydrogen) atoms. The quantitative estimate of drug-likeness (QED) is 0.311. The Hall–Kier alpha value is -0.820. The molecule has 1 atom stereocenters. The molecule has 1 fully saturated rings. The summed E-state index contributed by atoms with van der Waals surface area (Å²) in [6.07, 6.45) is 2.19. The average Bonchev–Trinajstić information content (AvgIpc) is 3.04. The minimum Gasteiger partial charge on any atom is -0.382 e. The molecule has 4 nitrogen and oxygen atoms in total. The fraction of sp³-hybridized carbons (Fsp3) is 0.611. The number of hydrogen-bond acceptors (Lipinski definition) is 2. The number of likely N-dealkylation sites (tertiary alicyclic amines) is 1. The fourth-order valence-corrected chi connectivity index (χ4v) is 2.87. The normalized spacial score (nSPS) is 17.9. The average molecular weight is 431 g/mol. The second-order valence-corrected chi connectivity index (χ2v) is 5.63. The summed E-state index contributed by atoms with van der Waals surface area (Å²) in [6, 6.07) is 10.8. The van der Waals surface area contributed by atoms with Crippen LogP contribution in [0.2, 0.25) is 0 Å². The fourth-order valence-electron chi connectivity index (χ4n) is 2.87. The van der Waals surface area contributed by atoms with E-state index in [9.17, 15) is 0 Å². The number of nitrogens with one attached hydrogen (secondary N) is 1. The van der Waals surface area contributed by atoms with Crippen LogP contribution in [0.1, 0.15) is 38.2 Å². The van der Waals surface area contributed by atoms with E-state index in [1.807, 2.05) is 6.92 Å². The molecule has 0 aliphatic carbocycles. The Morgan fingerprint density at radius 1 is 1.30 bits per heavy atom. The van der Waals surface area contributed by atoms with Crippen LogP contribution in [0.15, 0.2) is 35.3 Å². The molecule has 1 aliphatic rings. The molecule has 1 aliphatic heterocycles. The predicted molar refractivity (Wildman–Crippen MR) is 108 cm³/mol. The molecule has 2 rings (SSSR count). The molecule has 1 aromatic carbocycles. The number of guanidine groups is 1. The van der Waals surface area contributed by atoms with E-state index in [1.54, 1.807) is 0 Å². The van der Waals surface area contributed by atoms with Crippen molar-refractivity contribution in [3.63, 3.8) is 0 Å². The number of ether oxygens (including phenoxy) is 1. The van der Waals surface area contributed by atoms with Gasteiger partial charge in [-0.05, 0) is 32.3 Å². The molecule has 1 heterocycles. The van der Waals surface area contributed by atoms with Crippen LogP contribution < -0.4 is 5.32 Å². The Labute approximate surface area is 157 Å². The van der Waals surface area contributed by atoms with Gasteiger partial charge in [-0.25, -0.2) is 0 Å². The molecule has 0 radical (unpaired) electrons. The van der Waals surface area contributed by atoms with Crippen molar-refractivity contribution in [1.82, 2.24) is 10.2 Å². The van der Waals surface area contributed by atoms with Gasteiger partial charge >= 0.3 is 0 Å². The standard InChI is InChI=1S/C18H29N3O.HI/c1-3-19-18(20-12-8-14-22-4-2)21-13-11-17(15-21)16-9-6-5-7-10-16;/h5-7,9-10,17H,3-4,8,11-15H2,1-2H3,(H,19,20);1H. The minimum absolute atomic E-state index is 0. The van der Waals surface area contributed by atoms with E-state index in [-0.39, 0.29) is 24.0 Å². The molecule has 0 amide bonds. The first kappa shape index (κ1) is 20.2. The van der Waals surface area contributed by atoms with E-state index < -0.39 is 0 Å². The molecule has 1 aromatic rings. The van der Waals surface area contributed by atoms with Gasteiger partial charge in [-0.15, -0.1) is 24.0 Å². The van der Waals surface area contributed by atoms with Gasteiger partial charge in [-0.3, -0.25) is 4.99 Å². The van der Waals surface area contributed by atoms with E-state index in [0.717, 1.165) is 51.8 Å². The summed E-state index contributed by atoms with van der Waals surface area (Å²) in [7, 11) is 0. The van der Waals surface area contributed by atoms with Crippen molar-refractivity contribution < 1.29 is 4.74 Å². The Kier molecular flexibility index (Phi) is 10.3. The number of nitrogens with zero attached hydrogens (tertiary/aromatic N) is 2. The van der Waals surface area contributed by atoms with E-state index in [0.29, 0.717) is 5.92 Å². The largest absolute Gasteiger partial charge is 0.382 e. The highest BCUT2D eigenvalue weighted by atomic mass is 127. The Morgan fingerprint density at radius 3 is 2.78 bits per heavy atom. The van der Waals surface area contributed by atoms with Crippen LogP contribution >= 0.6 is 24.0 Å². The summed E-state index contributed by atoms with van der Waals surface area (Å²) < 4.78 is 5.37. The van der Waals surface area contributed by atoms with Gasteiger partial charge in [0.1, 0.15) is 0 Å². The highest BCUT2D eigenvalue weighted by molar-refractivity contribution is 14.0. The SMILES string of the molecule is CCNC(=NCCCOCC)N1CCC(c2ccccc2)C1.I. The highest BCUT2D eigenvalue weighted by Gasteiger charge is 2.25. The molecule has 0 spiro atoms. The molecular weight excluding hydrogens is 401 g/mol. The van der Waals surface area contributed by atoms with Crippen molar-refractivity contribution in [3.05, 3.63) is 35.9 Å². The summed E-state index contributed by atoms with van der Waals surface area (Å²) in [5.74, 6) is 1.67. The van der Waals surface area contributed by atoms with Crippen molar-refractivity contribution in [2.24, 2.45) is 4.99 Å².